The molecule has 0 spiro atoms. The van der Waals surface area contributed by atoms with E-state index in [4.69, 9.17) is 0 Å². The lowest BCUT2D eigenvalue weighted by atomic mass is 10.1. The second-order valence-electron chi connectivity index (χ2n) is 6.30. The quantitative estimate of drug-likeness (QED) is 0.907. The maximum Gasteiger partial charge on any atom is 0.226 e. The maximum absolute atomic E-state index is 13.8. The van der Waals surface area contributed by atoms with Gasteiger partial charge in [0.2, 0.25) is 5.91 Å². The molecule has 2 fully saturated rings. The summed E-state index contributed by atoms with van der Waals surface area (Å²) in [6, 6.07) is 4.72. The minimum atomic E-state index is -0.838. The van der Waals surface area contributed by atoms with Crippen LogP contribution in [0.1, 0.15) is 31.7 Å². The van der Waals surface area contributed by atoms with E-state index in [0.717, 1.165) is 6.07 Å². The lowest BCUT2D eigenvalue weighted by Gasteiger charge is -2.36. The number of rotatable bonds is 2. The zero-order valence-electron chi connectivity index (χ0n) is 12.3. The van der Waals surface area contributed by atoms with Crippen LogP contribution in [0.5, 0.6) is 0 Å². The van der Waals surface area contributed by atoms with E-state index in [0.29, 0.717) is 25.1 Å². The molecule has 4 atom stereocenters. The van der Waals surface area contributed by atoms with Crippen molar-refractivity contribution in [1.29, 1.82) is 0 Å². The Hall–Kier alpha value is -1.49. The van der Waals surface area contributed by atoms with Gasteiger partial charge in [0.1, 0.15) is 0 Å². The van der Waals surface area contributed by atoms with Crippen molar-refractivity contribution in [3.63, 3.8) is 0 Å². The number of carbonyl (C=O) groups is 1. The van der Waals surface area contributed by atoms with Crippen molar-refractivity contribution < 1.29 is 13.6 Å². The van der Waals surface area contributed by atoms with Crippen molar-refractivity contribution in [3.8, 4) is 0 Å². The van der Waals surface area contributed by atoms with Crippen molar-refractivity contribution in [2.24, 2.45) is 5.92 Å². The van der Waals surface area contributed by atoms with Crippen LogP contribution < -0.4 is 5.32 Å². The standard InChI is InChI=1S/C16H20F2N2O/c1-9-7-20(8-10(2)19-9)16(21)13-6-12(13)11-4-3-5-14(17)15(11)18/h3-5,9-10,12-13,19H,6-8H2,1-2H3. The van der Waals surface area contributed by atoms with E-state index in [2.05, 4.69) is 5.32 Å². The highest BCUT2D eigenvalue weighted by Crippen LogP contribution is 2.49. The van der Waals surface area contributed by atoms with Crippen LogP contribution in [0.3, 0.4) is 0 Å². The van der Waals surface area contributed by atoms with Gasteiger partial charge in [0.05, 0.1) is 0 Å². The van der Waals surface area contributed by atoms with E-state index in [-0.39, 0.29) is 29.8 Å². The average molecular weight is 294 g/mol. The summed E-state index contributed by atoms with van der Waals surface area (Å²) in [6.45, 7) is 5.45. The van der Waals surface area contributed by atoms with Gasteiger partial charge >= 0.3 is 0 Å². The van der Waals surface area contributed by atoms with Crippen molar-refractivity contribution >= 4 is 5.91 Å². The molecular formula is C16H20F2N2O. The highest BCUT2D eigenvalue weighted by Gasteiger charge is 2.47. The molecule has 3 rings (SSSR count). The molecule has 1 heterocycles. The summed E-state index contributed by atoms with van der Waals surface area (Å²) < 4.78 is 27.1. The summed E-state index contributed by atoms with van der Waals surface area (Å²) in [5, 5.41) is 3.38. The fourth-order valence-corrected chi connectivity index (χ4v) is 3.36. The Kier molecular flexibility index (Phi) is 3.69. The minimum absolute atomic E-state index is 0.0730. The molecule has 114 valence electrons. The number of nitrogens with one attached hydrogen (secondary N) is 1. The Morgan fingerprint density at radius 2 is 1.90 bits per heavy atom. The Morgan fingerprint density at radius 1 is 1.24 bits per heavy atom. The smallest absolute Gasteiger partial charge is 0.226 e. The third-order valence-corrected chi connectivity index (χ3v) is 4.36. The van der Waals surface area contributed by atoms with Gasteiger partial charge in [-0.2, -0.15) is 0 Å². The summed E-state index contributed by atoms with van der Waals surface area (Å²) >= 11 is 0. The van der Waals surface area contributed by atoms with Crippen LogP contribution >= 0.6 is 0 Å². The summed E-state index contributed by atoms with van der Waals surface area (Å²) in [5.41, 5.74) is 0.338. The maximum atomic E-state index is 13.8. The number of nitrogens with zero attached hydrogens (tertiary/aromatic N) is 1. The van der Waals surface area contributed by atoms with Gasteiger partial charge in [-0.25, -0.2) is 8.78 Å². The molecule has 5 heteroatoms. The molecule has 3 nitrogen and oxygen atoms in total. The zero-order valence-corrected chi connectivity index (χ0v) is 12.3. The molecule has 1 aliphatic carbocycles. The van der Waals surface area contributed by atoms with Crippen LogP contribution in [0.25, 0.3) is 0 Å². The van der Waals surface area contributed by atoms with Crippen molar-refractivity contribution in [3.05, 3.63) is 35.4 Å². The van der Waals surface area contributed by atoms with Crippen molar-refractivity contribution in [2.45, 2.75) is 38.3 Å². The number of hydrogen-bond donors (Lipinski definition) is 1. The van der Waals surface area contributed by atoms with Gasteiger partial charge in [-0.15, -0.1) is 0 Å². The molecule has 2 aliphatic rings. The van der Waals surface area contributed by atoms with Crippen LogP contribution in [0.4, 0.5) is 8.78 Å². The molecule has 0 bridgehead atoms. The molecule has 1 saturated carbocycles. The van der Waals surface area contributed by atoms with Gasteiger partial charge < -0.3 is 10.2 Å². The highest BCUT2D eigenvalue weighted by molar-refractivity contribution is 5.83. The Balaban J connectivity index is 1.70. The zero-order chi connectivity index (χ0) is 15.1. The molecule has 1 N–H and O–H groups in total. The van der Waals surface area contributed by atoms with Crippen molar-refractivity contribution in [2.75, 3.05) is 13.1 Å². The SMILES string of the molecule is CC1CN(C(=O)C2CC2c2cccc(F)c2F)CC(C)N1. The summed E-state index contributed by atoms with van der Waals surface area (Å²) in [7, 11) is 0. The fraction of sp³-hybridized carbons (Fsp3) is 0.562. The second-order valence-corrected chi connectivity index (χ2v) is 6.30. The molecule has 0 aromatic heterocycles. The van der Waals surface area contributed by atoms with E-state index in [1.54, 1.807) is 6.07 Å². The van der Waals surface area contributed by atoms with Crippen LogP contribution in [0.15, 0.2) is 18.2 Å². The van der Waals surface area contributed by atoms with Crippen LogP contribution in [0.2, 0.25) is 0 Å². The first kappa shape index (κ1) is 14.4. The lowest BCUT2D eigenvalue weighted by molar-refractivity contribution is -0.134. The van der Waals surface area contributed by atoms with Crippen LogP contribution in [-0.4, -0.2) is 36.0 Å². The summed E-state index contributed by atoms with van der Waals surface area (Å²) in [4.78, 5) is 14.4. The number of amides is 1. The van der Waals surface area contributed by atoms with Gasteiger partial charge in [0.25, 0.3) is 0 Å². The average Bonchev–Trinajstić information content (AvgIpc) is 3.20. The second kappa shape index (κ2) is 5.37. The molecule has 1 aromatic rings. The Labute approximate surface area is 123 Å². The van der Waals surface area contributed by atoms with Crippen LogP contribution in [-0.2, 0) is 4.79 Å². The summed E-state index contributed by atoms with van der Waals surface area (Å²) in [6.07, 6.45) is 0.617. The monoisotopic (exact) mass is 294 g/mol. The van der Waals surface area contributed by atoms with E-state index in [1.807, 2.05) is 18.7 Å². The molecule has 21 heavy (non-hydrogen) atoms. The van der Waals surface area contributed by atoms with Gasteiger partial charge in [-0.05, 0) is 37.8 Å². The van der Waals surface area contributed by atoms with Gasteiger partial charge in [-0.3, -0.25) is 4.79 Å². The van der Waals surface area contributed by atoms with E-state index >= 15 is 0 Å². The predicted octanol–water partition coefficient (Wildman–Crippen LogP) is 2.28. The number of benzene rings is 1. The number of piperazine rings is 1. The third-order valence-electron chi connectivity index (χ3n) is 4.36. The minimum Gasteiger partial charge on any atom is -0.339 e. The van der Waals surface area contributed by atoms with Crippen LogP contribution in [0, 0.1) is 17.6 Å². The first-order valence-electron chi connectivity index (χ1n) is 7.46. The van der Waals surface area contributed by atoms with Gasteiger partial charge in [0, 0.05) is 31.1 Å². The number of carbonyl (C=O) groups excluding carboxylic acids is 1. The fourth-order valence-electron chi connectivity index (χ4n) is 3.36. The normalized spacial score (nSPS) is 32.1. The number of halogens is 2. The largest absolute Gasteiger partial charge is 0.339 e. The third kappa shape index (κ3) is 2.79. The van der Waals surface area contributed by atoms with E-state index in [1.165, 1.54) is 6.07 Å². The predicted molar refractivity (Wildman–Crippen MR) is 75.8 cm³/mol. The van der Waals surface area contributed by atoms with Gasteiger partial charge in [0.15, 0.2) is 11.6 Å². The molecule has 1 aromatic carbocycles. The first-order chi connectivity index (χ1) is 9.97. The molecule has 1 saturated heterocycles. The van der Waals surface area contributed by atoms with E-state index < -0.39 is 11.6 Å². The first-order valence-corrected chi connectivity index (χ1v) is 7.46. The highest BCUT2D eigenvalue weighted by atomic mass is 19.2. The molecular weight excluding hydrogens is 274 g/mol. The van der Waals surface area contributed by atoms with E-state index in [9.17, 15) is 13.6 Å². The molecule has 4 unspecified atom stereocenters. The summed E-state index contributed by atoms with van der Waals surface area (Å²) in [5.74, 6) is -1.94. The Bertz CT molecular complexity index is 553. The topological polar surface area (TPSA) is 32.3 Å². The number of hydrogen-bond acceptors (Lipinski definition) is 2. The van der Waals surface area contributed by atoms with Crippen molar-refractivity contribution in [1.82, 2.24) is 10.2 Å². The Morgan fingerprint density at radius 3 is 2.57 bits per heavy atom. The lowest BCUT2D eigenvalue weighted by Crippen LogP contribution is -2.56. The molecule has 1 aliphatic heterocycles. The van der Waals surface area contributed by atoms with Gasteiger partial charge in [-0.1, -0.05) is 12.1 Å². The molecule has 1 amide bonds. The molecule has 0 radical (unpaired) electrons.